The minimum absolute atomic E-state index is 0.357. The second-order valence-corrected chi connectivity index (χ2v) is 5.28. The van der Waals surface area contributed by atoms with Crippen molar-refractivity contribution in [1.82, 2.24) is 14.9 Å². The molecule has 0 bridgehead atoms. The van der Waals surface area contributed by atoms with Crippen LogP contribution in [0.15, 0.2) is 43.0 Å². The molecule has 2 rings (SSSR count). The molecular formula is C15H20ClN3. The average Bonchev–Trinajstić information content (AvgIpc) is 2.90. The van der Waals surface area contributed by atoms with Crippen LogP contribution in [-0.2, 0) is 6.54 Å². The Morgan fingerprint density at radius 1 is 1.32 bits per heavy atom. The Morgan fingerprint density at radius 2 is 2.05 bits per heavy atom. The van der Waals surface area contributed by atoms with Crippen LogP contribution >= 0.6 is 11.6 Å². The van der Waals surface area contributed by atoms with E-state index in [1.807, 2.05) is 30.9 Å². The van der Waals surface area contributed by atoms with Gasteiger partial charge in [-0.05, 0) is 31.0 Å². The summed E-state index contributed by atoms with van der Waals surface area (Å²) in [6, 6.07) is 8.82. The molecule has 4 heteroatoms. The molecule has 0 spiro atoms. The lowest BCUT2D eigenvalue weighted by molar-refractivity contribution is 0.406. The number of hydrogen-bond acceptors (Lipinski definition) is 2. The van der Waals surface area contributed by atoms with Crippen molar-refractivity contribution in [3.05, 3.63) is 53.6 Å². The molecule has 1 heterocycles. The number of aromatic nitrogens is 2. The van der Waals surface area contributed by atoms with Crippen LogP contribution < -0.4 is 5.32 Å². The third kappa shape index (κ3) is 4.08. The van der Waals surface area contributed by atoms with Crippen LogP contribution in [0.1, 0.15) is 31.9 Å². The van der Waals surface area contributed by atoms with Crippen LogP contribution in [0.4, 0.5) is 0 Å². The third-order valence-corrected chi connectivity index (χ3v) is 3.46. The fourth-order valence-corrected chi connectivity index (χ4v) is 2.38. The summed E-state index contributed by atoms with van der Waals surface area (Å²) in [4.78, 5) is 4.06. The number of rotatable bonds is 6. The Labute approximate surface area is 119 Å². The minimum Gasteiger partial charge on any atom is -0.336 e. The van der Waals surface area contributed by atoms with E-state index < -0.39 is 0 Å². The normalized spacial score (nSPS) is 14.3. The summed E-state index contributed by atoms with van der Waals surface area (Å²) in [6.07, 6.45) is 6.70. The third-order valence-electron chi connectivity index (χ3n) is 3.21. The first-order valence-corrected chi connectivity index (χ1v) is 7.04. The predicted molar refractivity (Wildman–Crippen MR) is 79.3 cm³/mol. The van der Waals surface area contributed by atoms with Gasteiger partial charge in [0.15, 0.2) is 0 Å². The van der Waals surface area contributed by atoms with Gasteiger partial charge in [-0.25, -0.2) is 4.98 Å². The van der Waals surface area contributed by atoms with Crippen molar-refractivity contribution >= 4 is 11.6 Å². The Bertz CT molecular complexity index is 479. The first-order chi connectivity index (χ1) is 9.19. The quantitative estimate of drug-likeness (QED) is 0.873. The standard InChI is InChI=1S/C15H20ClN3/c1-3-15(13-4-6-14(16)7-5-13)18-12(2)10-19-9-8-17-11-19/h4-9,11-12,15,18H,3,10H2,1-2H3. The zero-order valence-corrected chi connectivity index (χ0v) is 12.1. The van der Waals surface area contributed by atoms with Crippen molar-refractivity contribution < 1.29 is 0 Å². The van der Waals surface area contributed by atoms with Gasteiger partial charge in [0.05, 0.1) is 6.33 Å². The van der Waals surface area contributed by atoms with Gasteiger partial charge in [-0.15, -0.1) is 0 Å². The smallest absolute Gasteiger partial charge is 0.0946 e. The maximum absolute atomic E-state index is 5.93. The Morgan fingerprint density at radius 3 is 2.63 bits per heavy atom. The first kappa shape index (κ1) is 14.1. The number of nitrogens with zero attached hydrogens (tertiary/aromatic N) is 2. The lowest BCUT2D eigenvalue weighted by Crippen LogP contribution is -2.33. The maximum atomic E-state index is 5.93. The van der Waals surface area contributed by atoms with Gasteiger partial charge in [0.25, 0.3) is 0 Å². The molecule has 1 aromatic carbocycles. The van der Waals surface area contributed by atoms with Gasteiger partial charge in [0.1, 0.15) is 0 Å². The second-order valence-electron chi connectivity index (χ2n) is 4.84. The van der Waals surface area contributed by atoms with Crippen molar-refractivity contribution in [1.29, 1.82) is 0 Å². The van der Waals surface area contributed by atoms with Gasteiger partial charge in [-0.1, -0.05) is 30.7 Å². The van der Waals surface area contributed by atoms with Crippen molar-refractivity contribution in [3.63, 3.8) is 0 Å². The highest BCUT2D eigenvalue weighted by molar-refractivity contribution is 6.30. The van der Waals surface area contributed by atoms with E-state index in [1.165, 1.54) is 5.56 Å². The molecule has 0 fully saturated rings. The molecule has 2 atom stereocenters. The Hall–Kier alpha value is -1.32. The summed E-state index contributed by atoms with van der Waals surface area (Å²) in [5.74, 6) is 0. The second kappa shape index (κ2) is 6.73. The Kier molecular flexibility index (Phi) is 5.00. The van der Waals surface area contributed by atoms with Crippen molar-refractivity contribution in [2.45, 2.75) is 38.9 Å². The summed E-state index contributed by atoms with van der Waals surface area (Å²) in [7, 11) is 0. The van der Waals surface area contributed by atoms with Gasteiger partial charge in [0, 0.05) is 36.0 Å². The minimum atomic E-state index is 0.357. The molecule has 0 saturated heterocycles. The van der Waals surface area contributed by atoms with Gasteiger partial charge in [0.2, 0.25) is 0 Å². The molecule has 0 radical (unpaired) electrons. The first-order valence-electron chi connectivity index (χ1n) is 6.66. The van der Waals surface area contributed by atoms with Crippen LogP contribution in [-0.4, -0.2) is 15.6 Å². The monoisotopic (exact) mass is 277 g/mol. The van der Waals surface area contributed by atoms with Crippen LogP contribution in [0.2, 0.25) is 5.02 Å². The zero-order valence-electron chi connectivity index (χ0n) is 11.4. The number of hydrogen-bond donors (Lipinski definition) is 1. The summed E-state index contributed by atoms with van der Waals surface area (Å²) in [6.45, 7) is 5.30. The van der Waals surface area contributed by atoms with E-state index in [4.69, 9.17) is 11.6 Å². The molecule has 102 valence electrons. The SMILES string of the molecule is CCC(NC(C)Cn1ccnc1)c1ccc(Cl)cc1. The molecule has 19 heavy (non-hydrogen) atoms. The van der Waals surface area contributed by atoms with Crippen molar-refractivity contribution in [2.24, 2.45) is 0 Å². The lowest BCUT2D eigenvalue weighted by Gasteiger charge is -2.23. The molecule has 0 aliphatic rings. The van der Waals surface area contributed by atoms with Gasteiger partial charge in [-0.2, -0.15) is 0 Å². The van der Waals surface area contributed by atoms with Crippen molar-refractivity contribution in [2.75, 3.05) is 0 Å². The number of nitrogens with one attached hydrogen (secondary N) is 1. The van der Waals surface area contributed by atoms with Gasteiger partial charge in [-0.3, -0.25) is 0 Å². The van der Waals surface area contributed by atoms with E-state index in [0.29, 0.717) is 12.1 Å². The number of imidazole rings is 1. The molecule has 0 aliphatic heterocycles. The van der Waals surface area contributed by atoms with Crippen molar-refractivity contribution in [3.8, 4) is 0 Å². The summed E-state index contributed by atoms with van der Waals surface area (Å²) in [5, 5.41) is 4.43. The molecule has 1 N–H and O–H groups in total. The lowest BCUT2D eigenvalue weighted by atomic mass is 10.0. The molecule has 2 aromatic rings. The van der Waals surface area contributed by atoms with E-state index in [1.54, 1.807) is 0 Å². The molecule has 1 aromatic heterocycles. The molecule has 0 saturated carbocycles. The van der Waals surface area contributed by atoms with Crippen LogP contribution in [0.5, 0.6) is 0 Å². The fourth-order valence-electron chi connectivity index (χ4n) is 2.25. The number of halogens is 1. The summed E-state index contributed by atoms with van der Waals surface area (Å²) < 4.78 is 2.09. The van der Waals surface area contributed by atoms with Crippen LogP contribution in [0, 0.1) is 0 Å². The average molecular weight is 278 g/mol. The molecule has 0 aliphatic carbocycles. The van der Waals surface area contributed by atoms with E-state index >= 15 is 0 Å². The maximum Gasteiger partial charge on any atom is 0.0946 e. The topological polar surface area (TPSA) is 29.9 Å². The summed E-state index contributed by atoms with van der Waals surface area (Å²) in [5.41, 5.74) is 1.28. The molecule has 3 nitrogen and oxygen atoms in total. The van der Waals surface area contributed by atoms with E-state index in [-0.39, 0.29) is 0 Å². The van der Waals surface area contributed by atoms with Gasteiger partial charge < -0.3 is 9.88 Å². The summed E-state index contributed by atoms with van der Waals surface area (Å²) >= 11 is 5.93. The molecule has 2 unspecified atom stereocenters. The highest BCUT2D eigenvalue weighted by atomic mass is 35.5. The van der Waals surface area contributed by atoms with Crippen LogP contribution in [0.25, 0.3) is 0 Å². The van der Waals surface area contributed by atoms with E-state index in [0.717, 1.165) is 18.0 Å². The van der Waals surface area contributed by atoms with E-state index in [9.17, 15) is 0 Å². The zero-order chi connectivity index (χ0) is 13.7. The highest BCUT2D eigenvalue weighted by Gasteiger charge is 2.12. The largest absolute Gasteiger partial charge is 0.336 e. The van der Waals surface area contributed by atoms with Crippen LogP contribution in [0.3, 0.4) is 0 Å². The fraction of sp³-hybridized carbons (Fsp3) is 0.400. The van der Waals surface area contributed by atoms with E-state index in [2.05, 4.69) is 40.8 Å². The highest BCUT2D eigenvalue weighted by Crippen LogP contribution is 2.19. The molecule has 0 amide bonds. The van der Waals surface area contributed by atoms with Gasteiger partial charge >= 0.3 is 0 Å². The Balaban J connectivity index is 1.96. The predicted octanol–water partition coefficient (Wildman–Crippen LogP) is 3.67. The number of benzene rings is 1. The molecular weight excluding hydrogens is 258 g/mol.